The average Bonchev–Trinajstić information content (AvgIpc) is 2.44. The van der Waals surface area contributed by atoms with Crippen LogP contribution in [-0.4, -0.2) is 15.3 Å². The summed E-state index contributed by atoms with van der Waals surface area (Å²) >= 11 is 15.1. The molecule has 0 spiro atoms. The molecule has 0 aliphatic carbocycles. The standard InChI is InChI=1S/C14H9BrCl2O3S/c15-11-5-4-9(6-10(11)14(18)19)21(20)7-8-2-1-3-12(16)13(8)17/h1-6H,7H2,(H,18,19). The van der Waals surface area contributed by atoms with Crippen LogP contribution in [0.2, 0.25) is 10.0 Å². The fourth-order valence-corrected chi connectivity index (χ4v) is 3.74. The van der Waals surface area contributed by atoms with Crippen molar-refractivity contribution in [2.45, 2.75) is 10.6 Å². The van der Waals surface area contributed by atoms with Gasteiger partial charge in [-0.2, -0.15) is 0 Å². The molecular weight excluding hydrogens is 399 g/mol. The summed E-state index contributed by atoms with van der Waals surface area (Å²) < 4.78 is 12.8. The molecule has 2 rings (SSSR count). The van der Waals surface area contributed by atoms with Gasteiger partial charge in [0.05, 0.1) is 32.2 Å². The summed E-state index contributed by atoms with van der Waals surface area (Å²) in [4.78, 5) is 11.5. The van der Waals surface area contributed by atoms with Crippen molar-refractivity contribution in [3.8, 4) is 0 Å². The second-order valence-electron chi connectivity index (χ2n) is 4.15. The molecule has 0 saturated heterocycles. The minimum Gasteiger partial charge on any atom is -0.478 e. The quantitative estimate of drug-likeness (QED) is 0.794. The molecule has 0 bridgehead atoms. The number of benzene rings is 2. The number of carboxylic acid groups (broad SMARTS) is 1. The third kappa shape index (κ3) is 3.86. The lowest BCUT2D eigenvalue weighted by Gasteiger charge is -2.07. The van der Waals surface area contributed by atoms with Crippen LogP contribution < -0.4 is 0 Å². The van der Waals surface area contributed by atoms with Crippen molar-refractivity contribution in [2.24, 2.45) is 0 Å². The van der Waals surface area contributed by atoms with Gasteiger partial charge in [0, 0.05) is 9.37 Å². The first-order valence-corrected chi connectivity index (χ1v) is 8.61. The van der Waals surface area contributed by atoms with E-state index >= 15 is 0 Å². The van der Waals surface area contributed by atoms with Gasteiger partial charge in [-0.15, -0.1) is 0 Å². The Morgan fingerprint density at radius 3 is 2.62 bits per heavy atom. The molecule has 0 radical (unpaired) electrons. The molecule has 3 nitrogen and oxygen atoms in total. The lowest BCUT2D eigenvalue weighted by Crippen LogP contribution is -2.02. The molecule has 1 N–H and O–H groups in total. The molecule has 1 unspecified atom stereocenters. The topological polar surface area (TPSA) is 54.4 Å². The minimum absolute atomic E-state index is 0.0676. The number of aromatic carboxylic acids is 1. The van der Waals surface area contributed by atoms with Crippen LogP contribution in [0.3, 0.4) is 0 Å². The maximum absolute atomic E-state index is 12.4. The Labute approximate surface area is 142 Å². The van der Waals surface area contributed by atoms with Crippen LogP contribution in [0.25, 0.3) is 0 Å². The summed E-state index contributed by atoms with van der Waals surface area (Å²) in [5, 5.41) is 9.84. The van der Waals surface area contributed by atoms with E-state index in [9.17, 15) is 9.00 Å². The van der Waals surface area contributed by atoms with Gasteiger partial charge >= 0.3 is 5.97 Å². The fourth-order valence-electron chi connectivity index (χ4n) is 1.69. The highest BCUT2D eigenvalue weighted by Crippen LogP contribution is 2.28. The van der Waals surface area contributed by atoms with E-state index in [4.69, 9.17) is 28.3 Å². The van der Waals surface area contributed by atoms with Gasteiger partial charge in [-0.05, 0) is 45.8 Å². The molecule has 0 amide bonds. The molecule has 0 aromatic heterocycles. The second kappa shape index (κ2) is 6.92. The molecule has 0 fully saturated rings. The highest BCUT2D eigenvalue weighted by Gasteiger charge is 2.14. The van der Waals surface area contributed by atoms with Gasteiger partial charge in [0.15, 0.2) is 0 Å². The Kier molecular flexibility index (Phi) is 5.43. The van der Waals surface area contributed by atoms with Gasteiger partial charge in [-0.3, -0.25) is 4.21 Å². The first kappa shape index (κ1) is 16.5. The smallest absolute Gasteiger partial charge is 0.336 e. The van der Waals surface area contributed by atoms with Crippen molar-refractivity contribution < 1.29 is 14.1 Å². The number of carboxylic acids is 1. The molecular formula is C14H9BrCl2O3S. The van der Waals surface area contributed by atoms with Gasteiger partial charge in [0.2, 0.25) is 0 Å². The molecule has 110 valence electrons. The van der Waals surface area contributed by atoms with Crippen molar-refractivity contribution in [1.82, 2.24) is 0 Å². The van der Waals surface area contributed by atoms with Gasteiger partial charge in [0.1, 0.15) is 0 Å². The zero-order valence-corrected chi connectivity index (χ0v) is 14.4. The maximum atomic E-state index is 12.4. The molecule has 2 aromatic rings. The summed E-state index contributed by atoms with van der Waals surface area (Å²) in [6, 6.07) is 9.69. The first-order chi connectivity index (χ1) is 9.90. The molecule has 0 aliphatic rings. The second-order valence-corrected chi connectivity index (χ2v) is 7.24. The first-order valence-electron chi connectivity index (χ1n) is 5.74. The number of halogens is 3. The SMILES string of the molecule is O=C(O)c1cc(S(=O)Cc2cccc(Cl)c2Cl)ccc1Br. The summed E-state index contributed by atoms with van der Waals surface area (Å²) in [5.41, 5.74) is 0.723. The third-order valence-corrected chi connectivity index (χ3v) is 5.65. The van der Waals surface area contributed by atoms with Gasteiger partial charge < -0.3 is 5.11 Å². The van der Waals surface area contributed by atoms with Crippen molar-refractivity contribution in [3.05, 3.63) is 62.0 Å². The van der Waals surface area contributed by atoms with Crippen LogP contribution in [0, 0.1) is 0 Å². The monoisotopic (exact) mass is 406 g/mol. The summed E-state index contributed by atoms with van der Waals surface area (Å²) in [5.74, 6) is -0.915. The van der Waals surface area contributed by atoms with Crippen molar-refractivity contribution in [2.75, 3.05) is 0 Å². The van der Waals surface area contributed by atoms with Crippen LogP contribution in [0.15, 0.2) is 45.8 Å². The molecule has 1 atom stereocenters. The predicted octanol–water partition coefficient (Wildman–Crippen LogP) is 4.76. The Balaban J connectivity index is 2.31. The zero-order valence-electron chi connectivity index (χ0n) is 10.5. The van der Waals surface area contributed by atoms with E-state index in [0.717, 1.165) is 0 Å². The zero-order chi connectivity index (χ0) is 15.6. The predicted molar refractivity (Wildman–Crippen MR) is 87.7 cm³/mol. The van der Waals surface area contributed by atoms with Crippen molar-refractivity contribution in [3.63, 3.8) is 0 Å². The van der Waals surface area contributed by atoms with Crippen LogP contribution in [-0.2, 0) is 16.6 Å². The Bertz CT molecular complexity index is 734. The fraction of sp³-hybridized carbons (Fsp3) is 0.0714. The van der Waals surface area contributed by atoms with E-state index in [0.29, 0.717) is 25.0 Å². The number of hydrogen-bond donors (Lipinski definition) is 1. The Morgan fingerprint density at radius 2 is 1.95 bits per heavy atom. The Morgan fingerprint density at radius 1 is 1.24 bits per heavy atom. The highest BCUT2D eigenvalue weighted by atomic mass is 79.9. The average molecular weight is 408 g/mol. The Hall–Kier alpha value is -0.880. The minimum atomic E-state index is -1.42. The molecule has 0 heterocycles. The van der Waals surface area contributed by atoms with Crippen LogP contribution in [0.1, 0.15) is 15.9 Å². The van der Waals surface area contributed by atoms with Crippen molar-refractivity contribution in [1.29, 1.82) is 0 Å². The van der Waals surface area contributed by atoms with E-state index in [2.05, 4.69) is 15.9 Å². The molecule has 7 heteroatoms. The number of rotatable bonds is 4. The lowest BCUT2D eigenvalue weighted by atomic mass is 10.2. The summed E-state index contributed by atoms with van der Waals surface area (Å²) in [6.07, 6.45) is 0. The van der Waals surface area contributed by atoms with E-state index in [1.165, 1.54) is 6.07 Å². The molecule has 0 saturated carbocycles. The van der Waals surface area contributed by atoms with E-state index in [1.807, 2.05) is 0 Å². The summed E-state index contributed by atoms with van der Waals surface area (Å²) in [6.45, 7) is 0. The lowest BCUT2D eigenvalue weighted by molar-refractivity contribution is 0.0695. The molecule has 0 aliphatic heterocycles. The van der Waals surface area contributed by atoms with Crippen molar-refractivity contribution >= 4 is 55.9 Å². The van der Waals surface area contributed by atoms with Crippen LogP contribution in [0.4, 0.5) is 0 Å². The molecule has 2 aromatic carbocycles. The maximum Gasteiger partial charge on any atom is 0.336 e. The number of hydrogen-bond acceptors (Lipinski definition) is 2. The van der Waals surface area contributed by atoms with Crippen LogP contribution >= 0.6 is 39.1 Å². The van der Waals surface area contributed by atoms with Crippen LogP contribution in [0.5, 0.6) is 0 Å². The molecule has 21 heavy (non-hydrogen) atoms. The number of carbonyl (C=O) groups is 1. The van der Waals surface area contributed by atoms with Gasteiger partial charge in [0.25, 0.3) is 0 Å². The highest BCUT2D eigenvalue weighted by molar-refractivity contribution is 9.10. The van der Waals surface area contributed by atoms with E-state index in [-0.39, 0.29) is 11.3 Å². The van der Waals surface area contributed by atoms with E-state index in [1.54, 1.807) is 30.3 Å². The largest absolute Gasteiger partial charge is 0.478 e. The summed E-state index contributed by atoms with van der Waals surface area (Å²) in [7, 11) is -1.42. The normalized spacial score (nSPS) is 12.1. The van der Waals surface area contributed by atoms with Gasteiger partial charge in [-0.25, -0.2) is 4.79 Å². The third-order valence-electron chi connectivity index (χ3n) is 2.75. The van der Waals surface area contributed by atoms with Gasteiger partial charge in [-0.1, -0.05) is 35.3 Å². The van der Waals surface area contributed by atoms with E-state index < -0.39 is 16.8 Å².